The monoisotopic (exact) mass is 100 g/mol. The van der Waals surface area contributed by atoms with Gasteiger partial charge in [0.15, 0.2) is 0 Å². The van der Waals surface area contributed by atoms with Crippen LogP contribution in [0.3, 0.4) is 0 Å². The first-order valence-corrected chi connectivity index (χ1v) is 2.53. The van der Waals surface area contributed by atoms with Crippen molar-refractivity contribution in [1.82, 2.24) is 0 Å². The van der Waals surface area contributed by atoms with Gasteiger partial charge in [0, 0.05) is 6.61 Å². The Morgan fingerprint density at radius 1 is 1.86 bits per heavy atom. The molecule has 0 aromatic heterocycles. The topological polar surface area (TPSA) is 20.2 Å². The lowest BCUT2D eigenvalue weighted by atomic mass is 10.1. The molecule has 1 N–H and O–H groups in total. The first kappa shape index (κ1) is 6.70. The van der Waals surface area contributed by atoms with E-state index in [0.29, 0.717) is 5.92 Å². The third-order valence-electron chi connectivity index (χ3n) is 0.881. The lowest BCUT2D eigenvalue weighted by Gasteiger charge is -1.99. The summed E-state index contributed by atoms with van der Waals surface area (Å²) in [6.07, 6.45) is 2.73. The van der Waals surface area contributed by atoms with E-state index < -0.39 is 0 Å². The molecule has 0 bridgehead atoms. The van der Waals surface area contributed by atoms with Gasteiger partial charge in [-0.2, -0.15) is 0 Å². The first-order valence-electron chi connectivity index (χ1n) is 2.53. The molecule has 0 rings (SSSR count). The van der Waals surface area contributed by atoms with Gasteiger partial charge in [0.1, 0.15) is 0 Å². The number of aliphatic hydroxyl groups excluding tert-OH is 1. The van der Waals surface area contributed by atoms with E-state index in [1.54, 1.807) is 0 Å². The molecule has 1 atom stereocenters. The van der Waals surface area contributed by atoms with Crippen LogP contribution in [0.1, 0.15) is 13.3 Å². The SMILES string of the molecule is C=CCC(C)CO. The van der Waals surface area contributed by atoms with Gasteiger partial charge >= 0.3 is 0 Å². The molecule has 0 aliphatic rings. The van der Waals surface area contributed by atoms with Crippen LogP contribution in [-0.2, 0) is 0 Å². The largest absolute Gasteiger partial charge is 0.396 e. The van der Waals surface area contributed by atoms with Crippen molar-refractivity contribution >= 4 is 0 Å². The van der Waals surface area contributed by atoms with Crippen molar-refractivity contribution in [2.24, 2.45) is 5.92 Å². The minimum Gasteiger partial charge on any atom is -0.396 e. The fourth-order valence-corrected chi connectivity index (χ4v) is 0.359. The molecule has 0 aliphatic carbocycles. The number of rotatable bonds is 3. The number of allylic oxidation sites excluding steroid dienone is 1. The highest BCUT2D eigenvalue weighted by Gasteiger charge is 1.92. The van der Waals surface area contributed by atoms with Crippen molar-refractivity contribution in [3.8, 4) is 0 Å². The second-order valence-electron chi connectivity index (χ2n) is 1.81. The molecule has 0 aromatic carbocycles. The van der Waals surface area contributed by atoms with Crippen LogP contribution >= 0.6 is 0 Å². The maximum absolute atomic E-state index is 8.42. The highest BCUT2D eigenvalue weighted by Crippen LogP contribution is 1.97. The standard InChI is InChI=1S/C6H12O/c1-3-4-6(2)5-7/h3,6-7H,1,4-5H2,2H3. The number of hydrogen-bond donors (Lipinski definition) is 1. The molecule has 1 unspecified atom stereocenters. The van der Waals surface area contributed by atoms with Gasteiger partial charge < -0.3 is 5.11 Å². The summed E-state index contributed by atoms with van der Waals surface area (Å²) < 4.78 is 0. The Labute approximate surface area is 44.7 Å². The molecule has 0 radical (unpaired) electrons. The summed E-state index contributed by atoms with van der Waals surface area (Å²) in [4.78, 5) is 0. The highest BCUT2D eigenvalue weighted by atomic mass is 16.3. The zero-order valence-electron chi connectivity index (χ0n) is 4.72. The molecule has 0 aliphatic heterocycles. The van der Waals surface area contributed by atoms with Crippen molar-refractivity contribution < 1.29 is 5.11 Å². The van der Waals surface area contributed by atoms with E-state index in [-0.39, 0.29) is 6.61 Å². The molecule has 0 saturated heterocycles. The summed E-state index contributed by atoms with van der Waals surface area (Å²) in [7, 11) is 0. The Kier molecular flexibility index (Phi) is 3.71. The summed E-state index contributed by atoms with van der Waals surface area (Å²) in [6.45, 7) is 5.80. The van der Waals surface area contributed by atoms with E-state index in [1.807, 2.05) is 13.0 Å². The van der Waals surface area contributed by atoms with Crippen LogP contribution in [0.4, 0.5) is 0 Å². The van der Waals surface area contributed by atoms with Crippen molar-refractivity contribution in [1.29, 1.82) is 0 Å². The van der Waals surface area contributed by atoms with Crippen LogP contribution in [0.2, 0.25) is 0 Å². The number of aliphatic hydroxyl groups is 1. The van der Waals surface area contributed by atoms with E-state index in [0.717, 1.165) is 6.42 Å². The molecule has 0 spiro atoms. The second-order valence-corrected chi connectivity index (χ2v) is 1.81. The summed E-state index contributed by atoms with van der Waals surface area (Å²) in [6, 6.07) is 0. The molecule has 7 heavy (non-hydrogen) atoms. The Bertz CT molecular complexity index is 50.1. The Balaban J connectivity index is 2.98. The maximum Gasteiger partial charge on any atom is 0.0459 e. The fraction of sp³-hybridized carbons (Fsp3) is 0.667. The molecular weight excluding hydrogens is 88.1 g/mol. The minimum atomic E-state index is 0.270. The summed E-state index contributed by atoms with van der Waals surface area (Å²) in [5.74, 6) is 0.387. The van der Waals surface area contributed by atoms with Gasteiger partial charge in [0.05, 0.1) is 0 Å². The van der Waals surface area contributed by atoms with Crippen molar-refractivity contribution in [2.45, 2.75) is 13.3 Å². The van der Waals surface area contributed by atoms with Gasteiger partial charge in [-0.1, -0.05) is 13.0 Å². The summed E-state index contributed by atoms with van der Waals surface area (Å²) in [5.41, 5.74) is 0. The zero-order chi connectivity index (χ0) is 5.70. The Morgan fingerprint density at radius 2 is 2.43 bits per heavy atom. The molecule has 0 aromatic rings. The van der Waals surface area contributed by atoms with Crippen LogP contribution in [0.5, 0.6) is 0 Å². The van der Waals surface area contributed by atoms with Gasteiger partial charge in [-0.3, -0.25) is 0 Å². The van der Waals surface area contributed by atoms with E-state index in [1.165, 1.54) is 0 Å². The lowest BCUT2D eigenvalue weighted by molar-refractivity contribution is 0.239. The van der Waals surface area contributed by atoms with Crippen molar-refractivity contribution in [3.05, 3.63) is 12.7 Å². The molecule has 0 amide bonds. The molecule has 1 heteroatoms. The van der Waals surface area contributed by atoms with E-state index >= 15 is 0 Å². The smallest absolute Gasteiger partial charge is 0.0459 e. The van der Waals surface area contributed by atoms with E-state index in [4.69, 9.17) is 5.11 Å². The van der Waals surface area contributed by atoms with Gasteiger partial charge in [0.2, 0.25) is 0 Å². The van der Waals surface area contributed by atoms with Gasteiger partial charge in [-0.25, -0.2) is 0 Å². The van der Waals surface area contributed by atoms with E-state index in [2.05, 4.69) is 6.58 Å². The normalized spacial score (nSPS) is 13.4. The van der Waals surface area contributed by atoms with Crippen molar-refractivity contribution in [2.75, 3.05) is 6.61 Å². The summed E-state index contributed by atoms with van der Waals surface area (Å²) >= 11 is 0. The van der Waals surface area contributed by atoms with Gasteiger partial charge in [-0.05, 0) is 12.3 Å². The molecule has 42 valence electrons. The quantitative estimate of drug-likeness (QED) is 0.528. The van der Waals surface area contributed by atoms with Gasteiger partial charge in [-0.15, -0.1) is 6.58 Å². The summed E-state index contributed by atoms with van der Waals surface area (Å²) in [5, 5.41) is 8.42. The molecular formula is C6H12O. The third kappa shape index (κ3) is 3.53. The molecule has 0 saturated carbocycles. The maximum atomic E-state index is 8.42. The molecule has 0 fully saturated rings. The Hall–Kier alpha value is -0.300. The highest BCUT2D eigenvalue weighted by molar-refractivity contribution is 4.69. The zero-order valence-corrected chi connectivity index (χ0v) is 4.72. The second kappa shape index (κ2) is 3.88. The fourth-order valence-electron chi connectivity index (χ4n) is 0.359. The van der Waals surface area contributed by atoms with Crippen LogP contribution < -0.4 is 0 Å². The molecule has 0 heterocycles. The first-order chi connectivity index (χ1) is 3.31. The van der Waals surface area contributed by atoms with E-state index in [9.17, 15) is 0 Å². The van der Waals surface area contributed by atoms with Crippen LogP contribution in [0, 0.1) is 5.92 Å². The van der Waals surface area contributed by atoms with Crippen molar-refractivity contribution in [3.63, 3.8) is 0 Å². The molecule has 1 nitrogen and oxygen atoms in total. The van der Waals surface area contributed by atoms with Gasteiger partial charge in [0.25, 0.3) is 0 Å². The Morgan fingerprint density at radius 3 is 2.57 bits per heavy atom. The number of hydrogen-bond acceptors (Lipinski definition) is 1. The minimum absolute atomic E-state index is 0.270. The lowest BCUT2D eigenvalue weighted by Crippen LogP contribution is -1.96. The predicted molar refractivity (Wildman–Crippen MR) is 31.1 cm³/mol. The average Bonchev–Trinajstić information content (AvgIpc) is 1.68. The predicted octanol–water partition coefficient (Wildman–Crippen LogP) is 1.19. The van der Waals surface area contributed by atoms with Crippen LogP contribution in [0.25, 0.3) is 0 Å². The van der Waals surface area contributed by atoms with Crippen LogP contribution in [0.15, 0.2) is 12.7 Å². The average molecular weight is 100 g/mol. The van der Waals surface area contributed by atoms with Crippen LogP contribution in [-0.4, -0.2) is 11.7 Å². The third-order valence-corrected chi connectivity index (χ3v) is 0.881.